The quantitative estimate of drug-likeness (QED) is 0.501. The largest absolute Gasteiger partial charge is 0.508 e. The third-order valence-electron chi connectivity index (χ3n) is 4.91. The van der Waals surface area contributed by atoms with E-state index >= 15 is 0 Å². The molecule has 5 nitrogen and oxygen atoms in total. The predicted molar refractivity (Wildman–Crippen MR) is 106 cm³/mol. The summed E-state index contributed by atoms with van der Waals surface area (Å²) in [5.74, 6) is 0.516. The third-order valence-corrected chi connectivity index (χ3v) is 4.91. The molecule has 5 heteroatoms. The average Bonchev–Trinajstić information content (AvgIpc) is 2.73. The van der Waals surface area contributed by atoms with E-state index < -0.39 is 11.4 Å². The molecule has 3 aromatic rings. The van der Waals surface area contributed by atoms with Crippen LogP contribution in [0.25, 0.3) is 0 Å². The summed E-state index contributed by atoms with van der Waals surface area (Å²) in [4.78, 5) is 11.2. The molecule has 0 atom stereocenters. The van der Waals surface area contributed by atoms with E-state index in [1.54, 1.807) is 36.4 Å². The van der Waals surface area contributed by atoms with Gasteiger partial charge in [0.05, 0.1) is 7.11 Å². The fourth-order valence-corrected chi connectivity index (χ4v) is 3.18. The van der Waals surface area contributed by atoms with Gasteiger partial charge in [0.2, 0.25) is 0 Å². The van der Waals surface area contributed by atoms with Crippen molar-refractivity contribution in [2.45, 2.75) is 12.3 Å². The van der Waals surface area contributed by atoms with Gasteiger partial charge >= 0.3 is 5.97 Å². The van der Waals surface area contributed by atoms with E-state index in [9.17, 15) is 15.0 Å². The van der Waals surface area contributed by atoms with Gasteiger partial charge in [-0.1, -0.05) is 36.4 Å². The van der Waals surface area contributed by atoms with Crippen LogP contribution in [-0.4, -0.2) is 29.9 Å². The van der Waals surface area contributed by atoms with Crippen LogP contribution in [-0.2, 0) is 14.9 Å². The number of carbonyl (C=O) groups excluding carboxylic acids is 1. The maximum atomic E-state index is 11.2. The number of phenolic OH excluding ortho intramolecular Hbond substituents is 2. The Morgan fingerprint density at radius 2 is 1.18 bits per heavy atom. The summed E-state index contributed by atoms with van der Waals surface area (Å²) in [7, 11) is 1.32. The van der Waals surface area contributed by atoms with Crippen molar-refractivity contribution in [3.8, 4) is 17.2 Å². The molecule has 0 aliphatic rings. The number of methoxy groups -OCH3 is 1. The lowest BCUT2D eigenvalue weighted by Crippen LogP contribution is -2.25. The second-order valence-corrected chi connectivity index (χ2v) is 6.61. The first-order chi connectivity index (χ1) is 13.4. The minimum atomic E-state index is -0.526. The Morgan fingerprint density at radius 1 is 0.786 bits per heavy atom. The summed E-state index contributed by atoms with van der Waals surface area (Å²) in [5.41, 5.74) is 2.44. The molecule has 0 aliphatic carbocycles. The molecule has 0 aliphatic heterocycles. The zero-order valence-electron chi connectivity index (χ0n) is 15.8. The van der Waals surface area contributed by atoms with Crippen molar-refractivity contribution in [2.24, 2.45) is 0 Å². The van der Waals surface area contributed by atoms with Gasteiger partial charge in [-0.2, -0.15) is 0 Å². The maximum Gasteiger partial charge on any atom is 0.343 e. The summed E-state index contributed by atoms with van der Waals surface area (Å²) in [6.07, 6.45) is 0. The maximum absolute atomic E-state index is 11.2. The van der Waals surface area contributed by atoms with E-state index in [0.717, 1.165) is 16.7 Å². The average molecular weight is 378 g/mol. The van der Waals surface area contributed by atoms with Crippen LogP contribution < -0.4 is 4.74 Å². The Bertz CT molecular complexity index is 883. The zero-order valence-corrected chi connectivity index (χ0v) is 15.8. The van der Waals surface area contributed by atoms with Gasteiger partial charge in [0, 0.05) is 5.41 Å². The monoisotopic (exact) mass is 378 g/mol. The summed E-state index contributed by atoms with van der Waals surface area (Å²) < 4.78 is 10.0. The van der Waals surface area contributed by atoms with Crippen LogP contribution >= 0.6 is 0 Å². The highest BCUT2D eigenvalue weighted by Gasteiger charge is 2.31. The molecule has 0 saturated heterocycles. The standard InChI is InChI=1S/C23H22O5/c1-23(16-3-9-19(24)10-4-16,17-5-11-20(25)12-6-17)18-7-13-21(14-8-18)28-15-22(26)27-2/h3-14,24-25H,15H2,1-2H3. The lowest BCUT2D eigenvalue weighted by molar-refractivity contribution is -0.142. The molecule has 144 valence electrons. The molecule has 3 rings (SSSR count). The molecule has 0 amide bonds. The minimum Gasteiger partial charge on any atom is -0.508 e. The number of hydrogen-bond donors (Lipinski definition) is 2. The van der Waals surface area contributed by atoms with Crippen LogP contribution in [0.5, 0.6) is 17.2 Å². The van der Waals surface area contributed by atoms with Gasteiger partial charge in [-0.15, -0.1) is 0 Å². The highest BCUT2D eigenvalue weighted by molar-refractivity contribution is 5.70. The summed E-state index contributed by atoms with van der Waals surface area (Å²) >= 11 is 0. The number of hydrogen-bond acceptors (Lipinski definition) is 5. The third kappa shape index (κ3) is 3.93. The second kappa shape index (κ2) is 8.05. The Morgan fingerprint density at radius 3 is 1.57 bits per heavy atom. The zero-order chi connectivity index (χ0) is 20.1. The number of carbonyl (C=O) groups is 1. The summed E-state index contributed by atoms with van der Waals surface area (Å²) in [5, 5.41) is 19.3. The number of benzene rings is 3. The van der Waals surface area contributed by atoms with Gasteiger partial charge < -0.3 is 19.7 Å². The number of phenols is 2. The normalized spacial score (nSPS) is 11.1. The van der Waals surface area contributed by atoms with Crippen LogP contribution in [0.3, 0.4) is 0 Å². The smallest absolute Gasteiger partial charge is 0.343 e. The first-order valence-corrected chi connectivity index (χ1v) is 8.82. The van der Waals surface area contributed by atoms with Crippen molar-refractivity contribution in [1.29, 1.82) is 0 Å². The predicted octanol–water partition coefficient (Wildman–Crippen LogP) is 4.00. The van der Waals surface area contributed by atoms with Crippen molar-refractivity contribution >= 4 is 5.97 Å². The number of ether oxygens (including phenoxy) is 2. The summed E-state index contributed by atoms with van der Waals surface area (Å²) in [6, 6.07) is 21.6. The van der Waals surface area contributed by atoms with E-state index in [-0.39, 0.29) is 18.1 Å². The van der Waals surface area contributed by atoms with Crippen molar-refractivity contribution in [3.05, 3.63) is 89.5 Å². The van der Waals surface area contributed by atoms with E-state index in [1.165, 1.54) is 7.11 Å². The Hall–Kier alpha value is -3.47. The van der Waals surface area contributed by atoms with E-state index in [4.69, 9.17) is 4.74 Å². The molecule has 0 heterocycles. The van der Waals surface area contributed by atoms with Crippen LogP contribution in [0.2, 0.25) is 0 Å². The van der Waals surface area contributed by atoms with Crippen molar-refractivity contribution in [1.82, 2.24) is 0 Å². The fraction of sp³-hybridized carbons (Fsp3) is 0.174. The SMILES string of the molecule is COC(=O)COc1ccc(C(C)(c2ccc(O)cc2)c2ccc(O)cc2)cc1. The molecule has 0 aromatic heterocycles. The minimum absolute atomic E-state index is 0.150. The van der Waals surface area contributed by atoms with Crippen LogP contribution in [0.15, 0.2) is 72.8 Å². The number of rotatable bonds is 6. The topological polar surface area (TPSA) is 76.0 Å². The Balaban J connectivity index is 2.00. The van der Waals surface area contributed by atoms with Gasteiger partial charge in [0.15, 0.2) is 6.61 Å². The first-order valence-electron chi connectivity index (χ1n) is 8.82. The van der Waals surface area contributed by atoms with Gasteiger partial charge in [-0.05, 0) is 60.0 Å². The molecular formula is C23H22O5. The Labute approximate surface area is 163 Å². The van der Waals surface area contributed by atoms with Crippen LogP contribution in [0.1, 0.15) is 23.6 Å². The van der Waals surface area contributed by atoms with Gasteiger partial charge in [0.25, 0.3) is 0 Å². The molecular weight excluding hydrogens is 356 g/mol. The lowest BCUT2D eigenvalue weighted by atomic mass is 9.71. The van der Waals surface area contributed by atoms with Crippen molar-refractivity contribution in [3.63, 3.8) is 0 Å². The molecule has 3 aromatic carbocycles. The van der Waals surface area contributed by atoms with E-state index in [0.29, 0.717) is 5.75 Å². The van der Waals surface area contributed by atoms with Crippen LogP contribution in [0, 0.1) is 0 Å². The molecule has 2 N–H and O–H groups in total. The van der Waals surface area contributed by atoms with Gasteiger partial charge in [0.1, 0.15) is 17.2 Å². The van der Waals surface area contributed by atoms with Crippen molar-refractivity contribution in [2.75, 3.05) is 13.7 Å². The molecule has 0 radical (unpaired) electrons. The highest BCUT2D eigenvalue weighted by atomic mass is 16.6. The van der Waals surface area contributed by atoms with Crippen LogP contribution in [0.4, 0.5) is 0 Å². The Kier molecular flexibility index (Phi) is 5.54. The second-order valence-electron chi connectivity index (χ2n) is 6.61. The number of aromatic hydroxyl groups is 2. The molecule has 0 unspecified atom stereocenters. The highest BCUT2D eigenvalue weighted by Crippen LogP contribution is 2.40. The molecule has 28 heavy (non-hydrogen) atoms. The molecule has 0 saturated carbocycles. The fourth-order valence-electron chi connectivity index (χ4n) is 3.18. The molecule has 0 fully saturated rings. The lowest BCUT2D eigenvalue weighted by Gasteiger charge is -2.32. The summed E-state index contributed by atoms with van der Waals surface area (Å²) in [6.45, 7) is 1.93. The first kappa shape index (κ1) is 19.3. The molecule has 0 spiro atoms. The van der Waals surface area contributed by atoms with Gasteiger partial charge in [-0.25, -0.2) is 4.79 Å². The van der Waals surface area contributed by atoms with E-state index in [1.807, 2.05) is 36.4 Å². The molecule has 0 bridgehead atoms. The number of esters is 1. The van der Waals surface area contributed by atoms with Crippen molar-refractivity contribution < 1.29 is 24.5 Å². The van der Waals surface area contributed by atoms with E-state index in [2.05, 4.69) is 11.7 Å². The van der Waals surface area contributed by atoms with Gasteiger partial charge in [-0.3, -0.25) is 0 Å².